The molecule has 0 heterocycles. The third kappa shape index (κ3) is 5.68. The number of fused-ring (bicyclic) bond motifs is 2. The number of halogens is 2. The van der Waals surface area contributed by atoms with E-state index in [0.29, 0.717) is 26.9 Å². The summed E-state index contributed by atoms with van der Waals surface area (Å²) in [5, 5.41) is 4.71. The lowest BCUT2D eigenvalue weighted by molar-refractivity contribution is -0.00254. The van der Waals surface area contributed by atoms with E-state index >= 15 is 0 Å². The lowest BCUT2D eigenvalue weighted by Gasteiger charge is -2.24. The molecule has 0 atom stereocenters. The first-order valence-electron chi connectivity index (χ1n) is 14.9. The Morgan fingerprint density at radius 2 is 1.07 bits per heavy atom. The molecule has 0 spiro atoms. The molecule has 0 saturated heterocycles. The molecule has 0 aromatic heterocycles. The fourth-order valence-corrected chi connectivity index (χ4v) is 6.87. The fraction of sp³-hybridized carbons (Fsp3) is 0.146. The Bertz CT molecular complexity index is 2140. The Kier molecular flexibility index (Phi) is 8.13. The normalized spacial score (nSPS) is 11.3. The van der Waals surface area contributed by atoms with Gasteiger partial charge in [-0.25, -0.2) is 0 Å². The van der Waals surface area contributed by atoms with Crippen LogP contribution in [0.2, 0.25) is 10.0 Å². The van der Waals surface area contributed by atoms with Gasteiger partial charge in [0.05, 0.1) is 15.6 Å². The Hall–Kier alpha value is -4.64. The summed E-state index contributed by atoms with van der Waals surface area (Å²) in [7, 11) is 0. The van der Waals surface area contributed by atoms with E-state index in [1.807, 2.05) is 42.5 Å². The standard InChI is InChI=1S/C41H32Cl2N2/c1-25-21-29(41(3,4)5)22-26(2)36(25)37-30-15-9-11-17-32(30)38(33-18-12-10-16-31(33)37)40(45-44)39-34(42)23-28(24-35(39)43)20-19-27-13-7-6-8-14-27/h6-18,21-24H,1-5H3. The first kappa shape index (κ1) is 30.4. The van der Waals surface area contributed by atoms with Gasteiger partial charge < -0.3 is 5.53 Å². The van der Waals surface area contributed by atoms with Crippen molar-refractivity contribution in [3.05, 3.63) is 158 Å². The van der Waals surface area contributed by atoms with Gasteiger partial charge in [0.15, 0.2) is 0 Å². The maximum Gasteiger partial charge on any atom is 0.333 e. The molecular weight excluding hydrogens is 591 g/mol. The summed E-state index contributed by atoms with van der Waals surface area (Å²) in [6, 6.07) is 34.4. The largest absolute Gasteiger partial charge is 0.361 e. The van der Waals surface area contributed by atoms with E-state index < -0.39 is 0 Å². The molecule has 0 saturated carbocycles. The molecule has 6 aromatic rings. The minimum Gasteiger partial charge on any atom is -0.361 e. The number of hydrogen-bond acceptors (Lipinski definition) is 0. The van der Waals surface area contributed by atoms with Gasteiger partial charge in [0.25, 0.3) is 0 Å². The van der Waals surface area contributed by atoms with Crippen molar-refractivity contribution in [3.63, 3.8) is 0 Å². The molecule has 0 unspecified atom stereocenters. The number of aryl methyl sites for hydroxylation is 2. The molecular formula is C41H32Cl2N2. The van der Waals surface area contributed by atoms with Gasteiger partial charge in [0, 0.05) is 11.1 Å². The highest BCUT2D eigenvalue weighted by molar-refractivity contribution is 6.43. The average molecular weight is 624 g/mol. The summed E-state index contributed by atoms with van der Waals surface area (Å²) >= 11 is 13.8. The highest BCUT2D eigenvalue weighted by Crippen LogP contribution is 2.44. The molecule has 0 N–H and O–H groups in total. The van der Waals surface area contributed by atoms with Crippen LogP contribution in [0.1, 0.15) is 59.7 Å². The molecule has 220 valence electrons. The summed E-state index contributed by atoms with van der Waals surface area (Å²) in [5.74, 6) is 6.31. The first-order valence-corrected chi connectivity index (χ1v) is 15.7. The molecule has 45 heavy (non-hydrogen) atoms. The average Bonchev–Trinajstić information content (AvgIpc) is 3.01. The molecule has 6 aromatic carbocycles. The SMILES string of the molecule is Cc1cc(C(C)(C)C)cc(C)c1-c1c2ccccc2c(C(=[N+]=[N-])c2c(Cl)cc(C#Cc3ccccc3)cc2Cl)c2ccccc12. The number of hydrogen-bond donors (Lipinski definition) is 0. The van der Waals surface area contributed by atoms with Crippen LogP contribution in [0.3, 0.4) is 0 Å². The summed E-state index contributed by atoms with van der Waals surface area (Å²) in [6.45, 7) is 11.1. The highest BCUT2D eigenvalue weighted by Gasteiger charge is 2.29. The number of nitrogens with zero attached hydrogens (tertiary/aromatic N) is 2. The predicted molar refractivity (Wildman–Crippen MR) is 191 cm³/mol. The van der Waals surface area contributed by atoms with Crippen LogP contribution in [0.4, 0.5) is 0 Å². The second-order valence-electron chi connectivity index (χ2n) is 12.5. The van der Waals surface area contributed by atoms with Gasteiger partial charge in [-0.15, -0.1) is 0 Å². The van der Waals surface area contributed by atoms with Crippen molar-refractivity contribution in [3.8, 4) is 23.0 Å². The third-order valence-electron chi connectivity index (χ3n) is 8.32. The zero-order valence-corrected chi connectivity index (χ0v) is 27.5. The lowest BCUT2D eigenvalue weighted by atomic mass is 9.80. The van der Waals surface area contributed by atoms with Gasteiger partial charge in [0.2, 0.25) is 0 Å². The molecule has 6 rings (SSSR count). The monoisotopic (exact) mass is 622 g/mol. The van der Waals surface area contributed by atoms with Gasteiger partial charge in [-0.1, -0.05) is 135 Å². The van der Waals surface area contributed by atoms with Crippen molar-refractivity contribution in [2.24, 2.45) is 0 Å². The van der Waals surface area contributed by atoms with Crippen molar-refractivity contribution in [2.75, 3.05) is 0 Å². The molecule has 0 aliphatic carbocycles. The van der Waals surface area contributed by atoms with Crippen LogP contribution in [0, 0.1) is 25.7 Å². The van der Waals surface area contributed by atoms with Crippen LogP contribution in [0.5, 0.6) is 0 Å². The Morgan fingerprint density at radius 1 is 0.600 bits per heavy atom. The molecule has 0 aliphatic heterocycles. The van der Waals surface area contributed by atoms with Gasteiger partial charge in [-0.3, -0.25) is 0 Å². The lowest BCUT2D eigenvalue weighted by Crippen LogP contribution is -2.12. The van der Waals surface area contributed by atoms with Crippen molar-refractivity contribution in [1.29, 1.82) is 0 Å². The highest BCUT2D eigenvalue weighted by atomic mass is 35.5. The molecule has 0 fully saturated rings. The third-order valence-corrected chi connectivity index (χ3v) is 8.92. The molecule has 2 nitrogen and oxygen atoms in total. The molecule has 0 amide bonds. The molecule has 4 heteroatoms. The van der Waals surface area contributed by atoms with E-state index in [9.17, 15) is 5.53 Å². The minimum atomic E-state index is 0.0374. The van der Waals surface area contributed by atoms with E-state index in [1.165, 1.54) is 22.3 Å². The second kappa shape index (κ2) is 12.0. The van der Waals surface area contributed by atoms with Gasteiger partial charge in [0.1, 0.15) is 5.56 Å². The molecule has 0 bridgehead atoms. The summed E-state index contributed by atoms with van der Waals surface area (Å²) in [4.78, 5) is 3.86. The van der Waals surface area contributed by atoms with E-state index in [0.717, 1.165) is 38.2 Å². The van der Waals surface area contributed by atoms with Gasteiger partial charge in [-0.2, -0.15) is 4.79 Å². The minimum absolute atomic E-state index is 0.0374. The fourth-order valence-electron chi connectivity index (χ4n) is 6.21. The summed E-state index contributed by atoms with van der Waals surface area (Å²) in [5.41, 5.74) is 19.9. The van der Waals surface area contributed by atoms with E-state index in [1.54, 1.807) is 12.1 Å². The second-order valence-corrected chi connectivity index (χ2v) is 13.3. The number of rotatable bonds is 3. The van der Waals surface area contributed by atoms with Crippen molar-refractivity contribution >= 4 is 50.5 Å². The number of benzene rings is 6. The van der Waals surface area contributed by atoms with E-state index in [4.69, 9.17) is 23.2 Å². The van der Waals surface area contributed by atoms with Crippen LogP contribution >= 0.6 is 23.2 Å². The van der Waals surface area contributed by atoms with Crippen molar-refractivity contribution < 1.29 is 4.79 Å². The molecule has 0 radical (unpaired) electrons. The van der Waals surface area contributed by atoms with Gasteiger partial charge in [-0.05, 0) is 92.9 Å². The topological polar surface area (TPSA) is 36.4 Å². The van der Waals surface area contributed by atoms with Crippen molar-refractivity contribution in [2.45, 2.75) is 40.0 Å². The van der Waals surface area contributed by atoms with Crippen LogP contribution in [-0.2, 0) is 5.41 Å². The maximum absolute atomic E-state index is 10.6. The maximum atomic E-state index is 10.6. The van der Waals surface area contributed by atoms with Gasteiger partial charge >= 0.3 is 5.71 Å². The Morgan fingerprint density at radius 3 is 1.56 bits per heavy atom. The predicted octanol–water partition coefficient (Wildman–Crippen LogP) is 11.3. The Balaban J connectivity index is 1.61. The van der Waals surface area contributed by atoms with E-state index in [-0.39, 0.29) is 5.41 Å². The van der Waals surface area contributed by atoms with E-state index in [2.05, 4.69) is 99.8 Å². The van der Waals surface area contributed by atoms with Crippen LogP contribution in [0.15, 0.2) is 103 Å². The van der Waals surface area contributed by atoms with Crippen molar-refractivity contribution in [1.82, 2.24) is 0 Å². The quantitative estimate of drug-likeness (QED) is 0.0618. The smallest absolute Gasteiger partial charge is 0.333 e. The zero-order valence-electron chi connectivity index (χ0n) is 26.0. The summed E-state index contributed by atoms with van der Waals surface area (Å²) < 4.78 is 0. The van der Waals surface area contributed by atoms with Crippen LogP contribution in [-0.4, -0.2) is 10.5 Å². The molecule has 0 aliphatic rings. The first-order chi connectivity index (χ1) is 21.6. The Labute approximate surface area is 274 Å². The zero-order chi connectivity index (χ0) is 31.9. The summed E-state index contributed by atoms with van der Waals surface area (Å²) in [6.07, 6.45) is 0. The van der Waals surface area contributed by atoms with Crippen LogP contribution in [0.25, 0.3) is 38.2 Å². The van der Waals surface area contributed by atoms with Crippen LogP contribution < -0.4 is 0 Å².